The third-order valence-corrected chi connectivity index (χ3v) is 6.49. The van der Waals surface area contributed by atoms with Crippen molar-refractivity contribution in [3.63, 3.8) is 0 Å². The second kappa shape index (κ2) is 11.1. The molecule has 10 nitrogen and oxygen atoms in total. The zero-order valence-corrected chi connectivity index (χ0v) is 21.2. The number of nitrogens with one attached hydrogen (secondary N) is 1. The van der Waals surface area contributed by atoms with Crippen molar-refractivity contribution in [2.75, 3.05) is 26.1 Å². The number of hydrogen-bond donors (Lipinski definition) is 1. The highest BCUT2D eigenvalue weighted by Crippen LogP contribution is 2.40. The summed E-state index contributed by atoms with van der Waals surface area (Å²) in [5.41, 5.74) is -0.152. The Morgan fingerprint density at radius 1 is 1.17 bits per heavy atom. The zero-order valence-electron chi connectivity index (χ0n) is 20.4. The number of nitrogens with zero attached hydrogens (tertiary/aromatic N) is 1. The van der Waals surface area contributed by atoms with Crippen molar-refractivity contribution in [1.82, 2.24) is 10.2 Å². The van der Waals surface area contributed by atoms with E-state index in [4.69, 9.17) is 18.9 Å². The molecule has 0 spiro atoms. The molecule has 1 aromatic rings. The number of fused-ring (bicyclic) bond motifs is 1. The summed E-state index contributed by atoms with van der Waals surface area (Å²) in [5, 5.41) is 2.19. The van der Waals surface area contributed by atoms with Crippen LogP contribution in [0.1, 0.15) is 27.7 Å². The molecular formula is C24H30N2O8S. The molecule has 3 rings (SSSR count). The SMILES string of the molecule is COCC1=C(C(=O)OC(C)OC(=O)C(C)(C)C)N2C(=O)C(NC(=O)COc3ccccc3)[C@H]2SC1. The average Bonchev–Trinajstić information content (AvgIpc) is 2.80. The summed E-state index contributed by atoms with van der Waals surface area (Å²) in [7, 11) is 1.48. The van der Waals surface area contributed by atoms with Gasteiger partial charge in [0.05, 0.1) is 12.0 Å². The largest absolute Gasteiger partial charge is 0.484 e. The molecule has 0 radical (unpaired) electrons. The number of carbonyl (C=O) groups is 4. The van der Waals surface area contributed by atoms with Crippen LogP contribution in [0.3, 0.4) is 0 Å². The van der Waals surface area contributed by atoms with Gasteiger partial charge in [-0.1, -0.05) is 18.2 Å². The lowest BCUT2D eigenvalue weighted by Crippen LogP contribution is -2.71. The van der Waals surface area contributed by atoms with E-state index in [1.54, 1.807) is 45.0 Å². The second-order valence-electron chi connectivity index (χ2n) is 9.07. The van der Waals surface area contributed by atoms with Gasteiger partial charge in [0, 0.05) is 19.8 Å². The fraction of sp³-hybridized carbons (Fsp3) is 0.500. The number of hydrogen-bond acceptors (Lipinski definition) is 9. The highest BCUT2D eigenvalue weighted by Gasteiger charge is 2.54. The minimum Gasteiger partial charge on any atom is -0.484 e. The summed E-state index contributed by atoms with van der Waals surface area (Å²) in [6.45, 7) is 6.35. The molecule has 2 aliphatic heterocycles. The first-order valence-corrected chi connectivity index (χ1v) is 12.1. The highest BCUT2D eigenvalue weighted by molar-refractivity contribution is 8.00. The van der Waals surface area contributed by atoms with E-state index in [0.29, 0.717) is 17.1 Å². The lowest BCUT2D eigenvalue weighted by molar-refractivity contribution is -0.190. The number of thioether (sulfide) groups is 1. The van der Waals surface area contributed by atoms with E-state index in [1.165, 1.54) is 30.7 Å². The fourth-order valence-electron chi connectivity index (χ4n) is 3.40. The van der Waals surface area contributed by atoms with Crippen LogP contribution in [-0.2, 0) is 33.4 Å². The molecule has 3 atom stereocenters. The maximum absolute atomic E-state index is 13.0. The number of benzene rings is 1. The van der Waals surface area contributed by atoms with Gasteiger partial charge < -0.3 is 24.3 Å². The number of para-hydroxylation sites is 1. The molecule has 2 aliphatic rings. The van der Waals surface area contributed by atoms with Crippen molar-refractivity contribution in [1.29, 1.82) is 0 Å². The number of methoxy groups -OCH3 is 1. The number of rotatable bonds is 9. The summed E-state index contributed by atoms with van der Waals surface area (Å²) in [6.07, 6.45) is -1.15. The predicted molar refractivity (Wildman–Crippen MR) is 127 cm³/mol. The van der Waals surface area contributed by atoms with Crippen LogP contribution in [0.15, 0.2) is 41.6 Å². The molecule has 2 heterocycles. The van der Waals surface area contributed by atoms with E-state index in [2.05, 4.69) is 5.32 Å². The molecule has 0 aromatic heterocycles. The molecule has 1 aromatic carbocycles. The van der Waals surface area contributed by atoms with Crippen molar-refractivity contribution < 1.29 is 38.1 Å². The van der Waals surface area contributed by atoms with Gasteiger partial charge in [-0.2, -0.15) is 0 Å². The number of carbonyl (C=O) groups excluding carboxylic acids is 4. The van der Waals surface area contributed by atoms with E-state index in [9.17, 15) is 19.2 Å². The van der Waals surface area contributed by atoms with Crippen LogP contribution in [-0.4, -0.2) is 72.4 Å². The van der Waals surface area contributed by atoms with Crippen molar-refractivity contribution in [2.45, 2.75) is 45.4 Å². The van der Waals surface area contributed by atoms with Crippen LogP contribution in [0.5, 0.6) is 5.75 Å². The summed E-state index contributed by atoms with van der Waals surface area (Å²) >= 11 is 1.40. The standard InChI is InChI=1S/C24H30N2O8S/c1-14(34-23(30)24(2,3)4)33-22(29)19-15(11-31-5)13-35-21-18(20(28)26(19)21)25-17(27)12-32-16-9-7-6-8-10-16/h6-10,14,18,21H,11-13H2,1-5H3,(H,25,27)/t14?,18?,21-/m1/s1. The maximum atomic E-state index is 13.0. The quantitative estimate of drug-likeness (QED) is 0.304. The van der Waals surface area contributed by atoms with Crippen LogP contribution in [0.4, 0.5) is 0 Å². The number of esters is 2. The second-order valence-corrected chi connectivity index (χ2v) is 10.2. The molecule has 0 bridgehead atoms. The highest BCUT2D eigenvalue weighted by atomic mass is 32.2. The molecule has 1 saturated heterocycles. The van der Waals surface area contributed by atoms with Crippen LogP contribution in [0, 0.1) is 5.41 Å². The topological polar surface area (TPSA) is 120 Å². The minimum atomic E-state index is -1.15. The van der Waals surface area contributed by atoms with Gasteiger partial charge in [-0.25, -0.2) is 4.79 Å². The predicted octanol–water partition coefficient (Wildman–Crippen LogP) is 1.84. The van der Waals surface area contributed by atoms with E-state index >= 15 is 0 Å². The van der Waals surface area contributed by atoms with Gasteiger partial charge >= 0.3 is 11.9 Å². The van der Waals surface area contributed by atoms with Gasteiger partial charge in [-0.05, 0) is 38.5 Å². The molecule has 1 fully saturated rings. The molecule has 11 heteroatoms. The summed E-state index contributed by atoms with van der Waals surface area (Å²) in [5.74, 6) is -1.30. The molecular weight excluding hydrogens is 476 g/mol. The van der Waals surface area contributed by atoms with Crippen LogP contribution < -0.4 is 10.1 Å². The van der Waals surface area contributed by atoms with Gasteiger partial charge in [0.15, 0.2) is 6.61 Å². The summed E-state index contributed by atoms with van der Waals surface area (Å²) in [4.78, 5) is 51.7. The Labute approximate surface area is 208 Å². The maximum Gasteiger partial charge on any atom is 0.358 e. The molecule has 2 amide bonds. The number of ether oxygens (including phenoxy) is 4. The third-order valence-electron chi connectivity index (χ3n) is 5.15. The first-order valence-electron chi connectivity index (χ1n) is 11.1. The van der Waals surface area contributed by atoms with E-state index in [0.717, 1.165) is 0 Å². The lowest BCUT2D eigenvalue weighted by Gasteiger charge is -2.49. The molecule has 2 unspecified atom stereocenters. The monoisotopic (exact) mass is 506 g/mol. The Balaban J connectivity index is 1.65. The lowest BCUT2D eigenvalue weighted by atomic mass is 9.97. The Kier molecular flexibility index (Phi) is 8.44. The van der Waals surface area contributed by atoms with Crippen LogP contribution >= 0.6 is 11.8 Å². The summed E-state index contributed by atoms with van der Waals surface area (Å²) in [6, 6.07) is 8.04. The fourth-order valence-corrected chi connectivity index (χ4v) is 4.72. The van der Waals surface area contributed by atoms with Crippen LogP contribution in [0.2, 0.25) is 0 Å². The van der Waals surface area contributed by atoms with E-state index < -0.39 is 46.9 Å². The number of β-lactam (4-membered cyclic amide) rings is 1. The smallest absolute Gasteiger partial charge is 0.358 e. The van der Waals surface area contributed by atoms with Crippen molar-refractivity contribution >= 4 is 35.5 Å². The van der Waals surface area contributed by atoms with E-state index in [-0.39, 0.29) is 18.9 Å². The average molecular weight is 507 g/mol. The van der Waals surface area contributed by atoms with E-state index in [1.807, 2.05) is 6.07 Å². The summed E-state index contributed by atoms with van der Waals surface area (Å²) < 4.78 is 21.2. The first kappa shape index (κ1) is 26.6. The van der Waals surface area contributed by atoms with Crippen molar-refractivity contribution in [3.05, 3.63) is 41.6 Å². The van der Waals surface area contributed by atoms with Gasteiger partial charge in [-0.3, -0.25) is 19.3 Å². The Morgan fingerprint density at radius 2 is 1.86 bits per heavy atom. The number of amides is 2. The van der Waals surface area contributed by atoms with Gasteiger partial charge in [0.2, 0.25) is 6.29 Å². The zero-order chi connectivity index (χ0) is 25.8. The van der Waals surface area contributed by atoms with Crippen molar-refractivity contribution in [3.8, 4) is 5.75 Å². The molecule has 190 valence electrons. The Bertz CT molecular complexity index is 1000. The normalized spacial score (nSPS) is 20.4. The van der Waals surface area contributed by atoms with Gasteiger partial charge in [0.25, 0.3) is 11.8 Å². The van der Waals surface area contributed by atoms with Gasteiger partial charge in [0.1, 0.15) is 22.9 Å². The Morgan fingerprint density at radius 3 is 2.49 bits per heavy atom. The van der Waals surface area contributed by atoms with Crippen LogP contribution in [0.25, 0.3) is 0 Å². The molecule has 0 saturated carbocycles. The molecule has 0 aliphatic carbocycles. The molecule has 1 N–H and O–H groups in total. The minimum absolute atomic E-state index is 0.0466. The van der Waals surface area contributed by atoms with Gasteiger partial charge in [-0.15, -0.1) is 11.8 Å². The third kappa shape index (κ3) is 6.34. The first-order chi connectivity index (χ1) is 16.5. The van der Waals surface area contributed by atoms with Crippen molar-refractivity contribution in [2.24, 2.45) is 5.41 Å². The Hall–Kier alpha value is -3.05. The molecule has 35 heavy (non-hydrogen) atoms.